The minimum atomic E-state index is 0.371. The molecule has 0 bridgehead atoms. The van der Waals surface area contributed by atoms with E-state index in [9.17, 15) is 0 Å². The summed E-state index contributed by atoms with van der Waals surface area (Å²) in [5, 5.41) is 3.66. The van der Waals surface area contributed by atoms with Gasteiger partial charge in [-0.15, -0.1) is 0 Å². The Morgan fingerprint density at radius 2 is 2.11 bits per heavy atom. The molecule has 5 nitrogen and oxygen atoms in total. The number of para-hydroxylation sites is 1. The molecule has 0 aliphatic carbocycles. The number of nitrogens with two attached hydrogens (primary N) is 1. The molecular weight excluding hydrogens is 264 g/mol. The van der Waals surface area contributed by atoms with Crippen molar-refractivity contribution in [3.8, 4) is 5.88 Å². The van der Waals surface area contributed by atoms with Crippen molar-refractivity contribution in [1.29, 1.82) is 0 Å². The molecule has 3 N–H and O–H groups in total. The second-order valence-electron chi connectivity index (χ2n) is 3.89. The number of halogens is 1. The van der Waals surface area contributed by atoms with Crippen LogP contribution >= 0.6 is 11.6 Å². The van der Waals surface area contributed by atoms with E-state index in [1.54, 1.807) is 6.07 Å². The minimum absolute atomic E-state index is 0.371. The van der Waals surface area contributed by atoms with Crippen molar-refractivity contribution in [2.75, 3.05) is 17.7 Å². The lowest BCUT2D eigenvalue weighted by atomic mass is 10.3. The van der Waals surface area contributed by atoms with Crippen molar-refractivity contribution >= 4 is 28.8 Å². The number of aromatic nitrogens is 2. The molecule has 2 rings (SSSR count). The van der Waals surface area contributed by atoms with Gasteiger partial charge in [-0.25, -0.2) is 4.98 Å². The zero-order valence-electron chi connectivity index (χ0n) is 10.6. The molecule has 0 spiro atoms. The predicted molar refractivity (Wildman–Crippen MR) is 77.0 cm³/mol. The summed E-state index contributed by atoms with van der Waals surface area (Å²) >= 11 is 6.07. The summed E-state index contributed by atoms with van der Waals surface area (Å²) in [7, 11) is 0. The van der Waals surface area contributed by atoms with E-state index < -0.39 is 0 Å². The van der Waals surface area contributed by atoms with Crippen molar-refractivity contribution in [1.82, 2.24) is 9.97 Å². The first-order chi connectivity index (χ1) is 9.22. The van der Waals surface area contributed by atoms with Gasteiger partial charge in [0.05, 0.1) is 17.3 Å². The van der Waals surface area contributed by atoms with E-state index in [-0.39, 0.29) is 0 Å². The van der Waals surface area contributed by atoms with Crippen LogP contribution in [-0.2, 0) is 0 Å². The minimum Gasteiger partial charge on any atom is -0.476 e. The molecule has 1 aromatic heterocycles. The maximum absolute atomic E-state index is 6.07. The van der Waals surface area contributed by atoms with Gasteiger partial charge in [-0.2, -0.15) is 4.98 Å². The number of nitrogens with one attached hydrogen (secondary N) is 1. The van der Waals surface area contributed by atoms with Gasteiger partial charge in [0.15, 0.2) is 5.82 Å². The Labute approximate surface area is 116 Å². The van der Waals surface area contributed by atoms with E-state index in [4.69, 9.17) is 22.1 Å². The fraction of sp³-hybridized carbons (Fsp3) is 0.231. The summed E-state index contributed by atoms with van der Waals surface area (Å²) in [6.45, 7) is 2.58. The smallest absolute Gasteiger partial charge is 0.242 e. The maximum Gasteiger partial charge on any atom is 0.242 e. The molecule has 1 heterocycles. The molecule has 0 amide bonds. The Morgan fingerprint density at radius 1 is 1.32 bits per heavy atom. The van der Waals surface area contributed by atoms with Gasteiger partial charge in [0.2, 0.25) is 5.88 Å². The van der Waals surface area contributed by atoms with Crippen LogP contribution in [0.5, 0.6) is 5.88 Å². The molecule has 0 unspecified atom stereocenters. The lowest BCUT2D eigenvalue weighted by Crippen LogP contribution is -2.06. The molecular formula is C13H15ClN4O. The monoisotopic (exact) mass is 278 g/mol. The zero-order valence-corrected chi connectivity index (χ0v) is 11.3. The molecule has 0 saturated heterocycles. The van der Waals surface area contributed by atoms with Crippen LogP contribution in [0.2, 0.25) is 5.02 Å². The third kappa shape index (κ3) is 3.26. The highest BCUT2D eigenvalue weighted by atomic mass is 35.5. The Kier molecular flexibility index (Phi) is 4.41. The molecule has 6 heteroatoms. The Morgan fingerprint density at radius 3 is 2.84 bits per heavy atom. The van der Waals surface area contributed by atoms with Gasteiger partial charge in [-0.05, 0) is 18.6 Å². The van der Waals surface area contributed by atoms with Crippen molar-refractivity contribution in [3.63, 3.8) is 0 Å². The van der Waals surface area contributed by atoms with Crippen molar-refractivity contribution in [2.24, 2.45) is 0 Å². The second-order valence-corrected chi connectivity index (χ2v) is 4.30. The lowest BCUT2D eigenvalue weighted by Gasteiger charge is -2.12. The normalized spacial score (nSPS) is 10.2. The van der Waals surface area contributed by atoms with Crippen LogP contribution in [-0.4, -0.2) is 16.6 Å². The van der Waals surface area contributed by atoms with Gasteiger partial charge in [0.25, 0.3) is 0 Å². The standard InChI is InChI=1S/C13H15ClN4O/c1-2-7-19-13-11(15)12(16-8-17-13)18-10-6-4-3-5-9(10)14/h3-6,8H,2,7,15H2,1H3,(H,16,17,18). The quantitative estimate of drug-likeness (QED) is 0.878. The van der Waals surface area contributed by atoms with E-state index >= 15 is 0 Å². The van der Waals surface area contributed by atoms with Crippen molar-refractivity contribution in [3.05, 3.63) is 35.6 Å². The number of benzene rings is 1. The first kappa shape index (κ1) is 13.4. The van der Waals surface area contributed by atoms with Crippen LogP contribution in [0, 0.1) is 0 Å². The van der Waals surface area contributed by atoms with Crippen LogP contribution in [0.25, 0.3) is 0 Å². The van der Waals surface area contributed by atoms with Crippen LogP contribution in [0.4, 0.5) is 17.2 Å². The van der Waals surface area contributed by atoms with Crippen molar-refractivity contribution < 1.29 is 4.74 Å². The fourth-order valence-corrected chi connectivity index (χ4v) is 1.67. The number of rotatable bonds is 5. The number of hydrogen-bond donors (Lipinski definition) is 2. The van der Waals surface area contributed by atoms with Gasteiger partial charge in [0.1, 0.15) is 12.0 Å². The average molecular weight is 279 g/mol. The Balaban J connectivity index is 2.23. The van der Waals surface area contributed by atoms with Crippen LogP contribution < -0.4 is 15.8 Å². The van der Waals surface area contributed by atoms with E-state index in [0.717, 1.165) is 12.1 Å². The second kappa shape index (κ2) is 6.24. The largest absolute Gasteiger partial charge is 0.476 e. The first-order valence-electron chi connectivity index (χ1n) is 5.97. The molecule has 0 radical (unpaired) electrons. The van der Waals surface area contributed by atoms with Crippen LogP contribution in [0.1, 0.15) is 13.3 Å². The highest BCUT2D eigenvalue weighted by molar-refractivity contribution is 6.33. The van der Waals surface area contributed by atoms with E-state index in [0.29, 0.717) is 29.0 Å². The molecule has 0 saturated carbocycles. The number of nitrogen functional groups attached to an aromatic ring is 1. The number of anilines is 3. The molecule has 100 valence electrons. The molecule has 1 aromatic carbocycles. The molecule has 0 atom stereocenters. The topological polar surface area (TPSA) is 73.1 Å². The fourth-order valence-electron chi connectivity index (χ4n) is 1.48. The molecule has 2 aromatic rings. The Bertz CT molecular complexity index is 562. The summed E-state index contributed by atoms with van der Waals surface area (Å²) in [6, 6.07) is 7.36. The molecule has 0 aliphatic heterocycles. The molecule has 19 heavy (non-hydrogen) atoms. The number of ether oxygens (including phenoxy) is 1. The van der Waals surface area contributed by atoms with Crippen LogP contribution in [0.3, 0.4) is 0 Å². The summed E-state index contributed by atoms with van der Waals surface area (Å²) in [4.78, 5) is 8.11. The van der Waals surface area contributed by atoms with Gasteiger partial charge in [-0.1, -0.05) is 30.7 Å². The van der Waals surface area contributed by atoms with Gasteiger partial charge in [0, 0.05) is 0 Å². The first-order valence-corrected chi connectivity index (χ1v) is 6.35. The van der Waals surface area contributed by atoms with Gasteiger partial charge in [-0.3, -0.25) is 0 Å². The maximum atomic E-state index is 6.07. The molecule has 0 fully saturated rings. The molecule has 0 aliphatic rings. The summed E-state index contributed by atoms with van der Waals surface area (Å²) < 4.78 is 5.45. The highest BCUT2D eigenvalue weighted by Crippen LogP contribution is 2.30. The SMILES string of the molecule is CCCOc1ncnc(Nc2ccccc2Cl)c1N. The summed E-state index contributed by atoms with van der Waals surface area (Å²) in [5.74, 6) is 0.862. The van der Waals surface area contributed by atoms with E-state index in [2.05, 4.69) is 15.3 Å². The van der Waals surface area contributed by atoms with E-state index in [1.807, 2.05) is 25.1 Å². The van der Waals surface area contributed by atoms with E-state index in [1.165, 1.54) is 6.33 Å². The number of hydrogen-bond acceptors (Lipinski definition) is 5. The Hall–Kier alpha value is -2.01. The lowest BCUT2D eigenvalue weighted by molar-refractivity contribution is 0.307. The number of nitrogens with zero attached hydrogens (tertiary/aromatic N) is 2. The third-order valence-electron chi connectivity index (χ3n) is 2.42. The summed E-state index contributed by atoms with van der Waals surface area (Å²) in [6.07, 6.45) is 2.29. The predicted octanol–water partition coefficient (Wildman–Crippen LogP) is 3.24. The highest BCUT2D eigenvalue weighted by Gasteiger charge is 2.10. The van der Waals surface area contributed by atoms with Crippen molar-refractivity contribution in [2.45, 2.75) is 13.3 Å². The van der Waals surface area contributed by atoms with Gasteiger partial charge >= 0.3 is 0 Å². The van der Waals surface area contributed by atoms with Gasteiger partial charge < -0.3 is 15.8 Å². The third-order valence-corrected chi connectivity index (χ3v) is 2.75. The zero-order chi connectivity index (χ0) is 13.7. The average Bonchev–Trinajstić information content (AvgIpc) is 2.42. The summed E-state index contributed by atoms with van der Waals surface area (Å²) in [5.41, 5.74) is 7.07. The van der Waals surface area contributed by atoms with Crippen LogP contribution in [0.15, 0.2) is 30.6 Å².